The van der Waals surface area contributed by atoms with Gasteiger partial charge in [0, 0.05) is 6.54 Å². The Morgan fingerprint density at radius 3 is 2.12 bits per heavy atom. The number of amides is 3. The van der Waals surface area contributed by atoms with Gasteiger partial charge in [0.1, 0.15) is 4.90 Å². The highest BCUT2D eigenvalue weighted by Crippen LogP contribution is 2.20. The number of hydrogen-bond acceptors (Lipinski definition) is 11. The van der Waals surface area contributed by atoms with Crippen molar-refractivity contribution in [3.8, 4) is 11.8 Å². The molecule has 3 N–H and O–H groups in total. The highest BCUT2D eigenvalue weighted by Gasteiger charge is 2.26. The lowest BCUT2D eigenvalue weighted by atomic mass is 10.1. The number of esters is 1. The van der Waals surface area contributed by atoms with E-state index >= 15 is 0 Å². The summed E-state index contributed by atoms with van der Waals surface area (Å²) >= 11 is 0. The molecule has 0 bridgehead atoms. The molecule has 1 aromatic heterocycles. The Balaban J connectivity index is 2.32. The van der Waals surface area contributed by atoms with Gasteiger partial charge in [0.25, 0.3) is 10.0 Å². The molecule has 0 aliphatic rings. The molecule has 0 saturated heterocycles. The molecule has 15 heteroatoms. The molecule has 14 nitrogen and oxygen atoms in total. The van der Waals surface area contributed by atoms with Gasteiger partial charge in [-0.05, 0) is 17.7 Å². The molecule has 0 radical (unpaired) electrons. The Kier molecular flexibility index (Phi) is 8.33. The van der Waals surface area contributed by atoms with Crippen LogP contribution < -0.4 is 24.8 Å². The second-order valence-corrected chi connectivity index (χ2v) is 7.65. The van der Waals surface area contributed by atoms with Crippen LogP contribution in [0, 0.1) is 0 Å². The van der Waals surface area contributed by atoms with Gasteiger partial charge in [-0.15, -0.1) is 0 Å². The Hall–Kier alpha value is -4.14. The molecule has 2 rings (SSSR count). The predicted molar refractivity (Wildman–Crippen MR) is 112 cm³/mol. The van der Waals surface area contributed by atoms with Crippen LogP contribution in [-0.4, -0.2) is 64.9 Å². The van der Waals surface area contributed by atoms with Gasteiger partial charge in [0.15, 0.2) is 0 Å². The van der Waals surface area contributed by atoms with Gasteiger partial charge in [-0.3, -0.25) is 5.32 Å². The molecule has 0 unspecified atom stereocenters. The van der Waals surface area contributed by atoms with Crippen LogP contribution in [0.15, 0.2) is 29.2 Å². The van der Waals surface area contributed by atoms with E-state index in [1.54, 1.807) is 4.72 Å². The van der Waals surface area contributed by atoms with E-state index in [0.29, 0.717) is 5.56 Å². The first-order chi connectivity index (χ1) is 15.6. The van der Waals surface area contributed by atoms with Gasteiger partial charge < -0.3 is 24.3 Å². The van der Waals surface area contributed by atoms with Crippen molar-refractivity contribution in [1.29, 1.82) is 0 Å². The summed E-state index contributed by atoms with van der Waals surface area (Å²) in [5.74, 6) is -1.15. The number of aromatic nitrogens is 2. The maximum absolute atomic E-state index is 12.9. The lowest BCUT2D eigenvalue weighted by Gasteiger charge is -2.13. The van der Waals surface area contributed by atoms with Crippen LogP contribution in [-0.2, 0) is 26.0 Å². The summed E-state index contributed by atoms with van der Waals surface area (Å²) in [5, 5.41) is 4.51. The number of benzene rings is 1. The molecular formula is C18H21N5O9S. The van der Waals surface area contributed by atoms with Crippen LogP contribution in [0.2, 0.25) is 0 Å². The monoisotopic (exact) mass is 483 g/mol. The smallest absolute Gasteiger partial charge is 0.407 e. The van der Waals surface area contributed by atoms with Crippen LogP contribution in [0.1, 0.15) is 15.9 Å². The fourth-order valence-corrected chi connectivity index (χ4v) is 3.55. The van der Waals surface area contributed by atoms with Crippen molar-refractivity contribution < 1.29 is 41.7 Å². The molecule has 0 saturated carbocycles. The molecule has 0 aliphatic carbocycles. The van der Waals surface area contributed by atoms with Gasteiger partial charge in [-0.1, -0.05) is 6.07 Å². The van der Waals surface area contributed by atoms with Crippen LogP contribution in [0.5, 0.6) is 11.8 Å². The topological polar surface area (TPSA) is 184 Å². The molecule has 0 atom stereocenters. The van der Waals surface area contributed by atoms with E-state index in [2.05, 4.69) is 30.1 Å². The molecule has 1 heterocycles. The number of anilines is 1. The van der Waals surface area contributed by atoms with Gasteiger partial charge in [-0.25, -0.2) is 27.5 Å². The van der Waals surface area contributed by atoms with E-state index in [1.165, 1.54) is 32.4 Å². The zero-order chi connectivity index (χ0) is 24.6. The first-order valence-corrected chi connectivity index (χ1v) is 10.5. The highest BCUT2D eigenvalue weighted by molar-refractivity contribution is 7.90. The van der Waals surface area contributed by atoms with E-state index in [-0.39, 0.29) is 29.8 Å². The molecular weight excluding hydrogens is 462 g/mol. The number of carbonyl (C=O) groups excluding carboxylic acids is 3. The first kappa shape index (κ1) is 25.1. The molecule has 0 fully saturated rings. The number of alkyl carbamates (subject to hydrolysis) is 1. The number of nitrogens with zero attached hydrogens (tertiary/aromatic N) is 2. The number of hydrogen-bond donors (Lipinski definition) is 3. The first-order valence-electron chi connectivity index (χ1n) is 8.97. The SMILES string of the molecule is COC(=O)NCc1ccc(C(=O)OC)c(S(=O)(=O)NC(=O)Nc2nc(OC)cc(OC)n2)c1. The van der Waals surface area contributed by atoms with Crippen molar-refractivity contribution in [1.82, 2.24) is 20.0 Å². The Morgan fingerprint density at radius 1 is 0.939 bits per heavy atom. The minimum atomic E-state index is -4.59. The number of nitrogens with one attached hydrogen (secondary N) is 3. The molecule has 2 aromatic rings. The maximum Gasteiger partial charge on any atom is 0.407 e. The van der Waals surface area contributed by atoms with E-state index in [4.69, 9.17) is 9.47 Å². The third-order valence-electron chi connectivity index (χ3n) is 3.91. The van der Waals surface area contributed by atoms with Crippen molar-refractivity contribution in [3.63, 3.8) is 0 Å². The number of ether oxygens (including phenoxy) is 4. The third-order valence-corrected chi connectivity index (χ3v) is 5.28. The van der Waals surface area contributed by atoms with Crippen molar-refractivity contribution in [2.75, 3.05) is 33.8 Å². The van der Waals surface area contributed by atoms with E-state index in [0.717, 1.165) is 20.3 Å². The molecule has 3 amide bonds. The molecule has 0 spiro atoms. The number of methoxy groups -OCH3 is 4. The van der Waals surface area contributed by atoms with Crippen molar-refractivity contribution in [3.05, 3.63) is 35.4 Å². The second kappa shape index (κ2) is 10.9. The molecule has 0 aliphatic heterocycles. The minimum absolute atomic E-state index is 0.0544. The molecule has 33 heavy (non-hydrogen) atoms. The van der Waals surface area contributed by atoms with Gasteiger partial charge in [0.2, 0.25) is 17.7 Å². The summed E-state index contributed by atoms with van der Waals surface area (Å²) in [4.78, 5) is 42.8. The Morgan fingerprint density at radius 2 is 1.58 bits per heavy atom. The van der Waals surface area contributed by atoms with Gasteiger partial charge in [-0.2, -0.15) is 9.97 Å². The van der Waals surface area contributed by atoms with Crippen LogP contribution in [0.4, 0.5) is 15.5 Å². The molecule has 1 aromatic carbocycles. The largest absolute Gasteiger partial charge is 0.481 e. The number of carbonyl (C=O) groups is 3. The average molecular weight is 483 g/mol. The van der Waals surface area contributed by atoms with Crippen molar-refractivity contribution >= 4 is 34.1 Å². The van der Waals surface area contributed by atoms with E-state index < -0.39 is 33.0 Å². The molecule has 178 valence electrons. The summed E-state index contributed by atoms with van der Waals surface area (Å²) in [6.45, 7) is -0.111. The van der Waals surface area contributed by atoms with Gasteiger partial charge >= 0.3 is 18.1 Å². The lowest BCUT2D eigenvalue weighted by molar-refractivity contribution is 0.0596. The normalized spacial score (nSPS) is 10.5. The average Bonchev–Trinajstić information content (AvgIpc) is 2.80. The minimum Gasteiger partial charge on any atom is -0.481 e. The number of urea groups is 1. The van der Waals surface area contributed by atoms with Crippen LogP contribution in [0.25, 0.3) is 0 Å². The Bertz CT molecular complexity index is 1130. The van der Waals surface area contributed by atoms with E-state index in [9.17, 15) is 22.8 Å². The quantitative estimate of drug-likeness (QED) is 0.448. The van der Waals surface area contributed by atoms with Crippen LogP contribution in [0.3, 0.4) is 0 Å². The number of sulfonamides is 1. The summed E-state index contributed by atoms with van der Waals surface area (Å²) in [5.41, 5.74) is -0.0337. The van der Waals surface area contributed by atoms with Gasteiger partial charge in [0.05, 0.1) is 40.1 Å². The van der Waals surface area contributed by atoms with Crippen LogP contribution >= 0.6 is 0 Å². The summed E-state index contributed by atoms with van der Waals surface area (Å²) in [7, 11) is 0.294. The number of rotatable bonds is 8. The Labute approximate surface area is 188 Å². The lowest BCUT2D eigenvalue weighted by Crippen LogP contribution is -2.36. The fourth-order valence-electron chi connectivity index (χ4n) is 2.40. The summed E-state index contributed by atoms with van der Waals surface area (Å²) < 4.78 is 46.5. The fraction of sp³-hybridized carbons (Fsp3) is 0.278. The second-order valence-electron chi connectivity index (χ2n) is 6.00. The summed E-state index contributed by atoms with van der Waals surface area (Å²) in [6, 6.07) is 3.80. The zero-order valence-electron chi connectivity index (χ0n) is 18.0. The third kappa shape index (κ3) is 6.67. The zero-order valence-corrected chi connectivity index (χ0v) is 18.8. The highest BCUT2D eigenvalue weighted by atomic mass is 32.2. The predicted octanol–water partition coefficient (Wildman–Crippen LogP) is 0.647. The standard InChI is InChI=1S/C18H21N5O9S/c1-29-13-8-14(30-2)21-16(20-13)22-17(25)23-33(27,28)12-7-10(9-19-18(26)32-4)5-6-11(12)15(24)31-3/h5-8H,9H2,1-4H3,(H,19,26)(H2,20,21,22,23,25). The summed E-state index contributed by atoms with van der Waals surface area (Å²) in [6.07, 6.45) is -0.748. The van der Waals surface area contributed by atoms with Crippen molar-refractivity contribution in [2.24, 2.45) is 0 Å². The van der Waals surface area contributed by atoms with E-state index in [1.807, 2.05) is 0 Å². The van der Waals surface area contributed by atoms with Crippen molar-refractivity contribution in [2.45, 2.75) is 11.4 Å². The maximum atomic E-state index is 12.9.